The first-order chi connectivity index (χ1) is 10.6. The highest BCUT2D eigenvalue weighted by atomic mass is 31.2. The van der Waals surface area contributed by atoms with E-state index in [9.17, 15) is 19.5 Å². The number of quaternary nitrogens is 1. The minimum atomic E-state index is -4.59. The summed E-state index contributed by atoms with van der Waals surface area (Å²) in [6.07, 6.45) is 11.7. The number of hydrogen-bond donors (Lipinski definition) is 3. The lowest BCUT2D eigenvalue weighted by Crippen LogP contribution is -2.53. The Labute approximate surface area is 141 Å². The van der Waals surface area contributed by atoms with Gasteiger partial charge >= 0.3 is 7.60 Å². The van der Waals surface area contributed by atoms with Crippen molar-refractivity contribution >= 4 is 7.60 Å². The minimum absolute atomic E-state index is 0.0853. The first-order valence-electron chi connectivity index (χ1n) is 9.15. The molecule has 1 unspecified atom stereocenters. The predicted molar refractivity (Wildman–Crippen MR) is 94.2 cm³/mol. The molecule has 138 valence electrons. The van der Waals surface area contributed by atoms with Crippen LogP contribution < -0.4 is 0 Å². The van der Waals surface area contributed by atoms with Crippen LogP contribution in [0.25, 0.3) is 0 Å². The van der Waals surface area contributed by atoms with E-state index in [-0.39, 0.29) is 12.5 Å². The van der Waals surface area contributed by atoms with Gasteiger partial charge < -0.3 is 19.4 Å². The SMILES string of the molecule is C[N+](C)(C)CC(O)(C1CCCCCCCCCCC1)P(=O)(O)O. The molecule has 0 aromatic rings. The zero-order valence-electron chi connectivity index (χ0n) is 15.2. The molecule has 0 aromatic heterocycles. The number of likely N-dealkylation sites (N-methyl/N-ethyl adjacent to an activating group) is 1. The van der Waals surface area contributed by atoms with Gasteiger partial charge in [0.25, 0.3) is 0 Å². The molecule has 0 aromatic carbocycles. The molecule has 6 heteroatoms. The molecular formula is C17H37NO4P+. The highest BCUT2D eigenvalue weighted by Gasteiger charge is 2.54. The number of nitrogens with zero attached hydrogens (tertiary/aromatic N) is 1. The fourth-order valence-corrected chi connectivity index (χ4v) is 5.13. The van der Waals surface area contributed by atoms with Crippen LogP contribution in [-0.4, -0.2) is 52.4 Å². The highest BCUT2D eigenvalue weighted by Crippen LogP contribution is 2.55. The van der Waals surface area contributed by atoms with Crippen LogP contribution in [0.1, 0.15) is 70.6 Å². The molecule has 0 aliphatic heterocycles. The summed E-state index contributed by atoms with van der Waals surface area (Å²) < 4.78 is 12.5. The fourth-order valence-electron chi connectivity index (χ4n) is 3.78. The Morgan fingerprint density at radius 1 is 0.870 bits per heavy atom. The van der Waals surface area contributed by atoms with Crippen molar-refractivity contribution < 1.29 is 23.9 Å². The maximum atomic E-state index is 12.1. The van der Waals surface area contributed by atoms with Gasteiger partial charge in [0.1, 0.15) is 6.54 Å². The largest absolute Gasteiger partial charge is 0.373 e. The fraction of sp³-hybridized carbons (Fsp3) is 1.00. The Bertz CT molecular complexity index is 379. The van der Waals surface area contributed by atoms with Crippen molar-refractivity contribution in [2.75, 3.05) is 27.7 Å². The average molecular weight is 350 g/mol. The predicted octanol–water partition coefficient (Wildman–Crippen LogP) is 3.48. The van der Waals surface area contributed by atoms with E-state index in [0.717, 1.165) is 25.7 Å². The quantitative estimate of drug-likeness (QED) is 0.536. The summed E-state index contributed by atoms with van der Waals surface area (Å²) in [4.78, 5) is 19.8. The van der Waals surface area contributed by atoms with Crippen LogP contribution >= 0.6 is 7.60 Å². The van der Waals surface area contributed by atoms with Gasteiger partial charge in [-0.05, 0) is 12.8 Å². The van der Waals surface area contributed by atoms with Gasteiger partial charge in [0.15, 0.2) is 0 Å². The van der Waals surface area contributed by atoms with E-state index in [1.165, 1.54) is 32.1 Å². The molecule has 0 saturated heterocycles. The number of hydrogen-bond acceptors (Lipinski definition) is 2. The smallest absolute Gasteiger partial charge is 0.363 e. The zero-order valence-corrected chi connectivity index (χ0v) is 16.1. The Morgan fingerprint density at radius 2 is 1.22 bits per heavy atom. The Kier molecular flexibility index (Phi) is 8.22. The van der Waals surface area contributed by atoms with Gasteiger partial charge in [-0.15, -0.1) is 0 Å². The lowest BCUT2D eigenvalue weighted by atomic mass is 9.88. The van der Waals surface area contributed by atoms with Crippen molar-refractivity contribution in [2.24, 2.45) is 5.92 Å². The van der Waals surface area contributed by atoms with Crippen LogP contribution in [0.4, 0.5) is 0 Å². The molecule has 1 aliphatic carbocycles. The molecular weight excluding hydrogens is 313 g/mol. The monoisotopic (exact) mass is 350 g/mol. The van der Waals surface area contributed by atoms with Crippen LogP contribution in [0, 0.1) is 5.92 Å². The Morgan fingerprint density at radius 3 is 1.52 bits per heavy atom. The van der Waals surface area contributed by atoms with Gasteiger partial charge in [-0.2, -0.15) is 0 Å². The second-order valence-corrected chi connectivity index (χ2v) is 10.2. The normalized spacial score (nSPS) is 23.6. The lowest BCUT2D eigenvalue weighted by molar-refractivity contribution is -0.875. The van der Waals surface area contributed by atoms with Crippen molar-refractivity contribution in [2.45, 2.75) is 76.0 Å². The van der Waals surface area contributed by atoms with Crippen LogP contribution in [-0.2, 0) is 4.57 Å². The molecule has 1 atom stereocenters. The second kappa shape index (κ2) is 8.96. The molecule has 1 fully saturated rings. The molecule has 1 saturated carbocycles. The van der Waals surface area contributed by atoms with Crippen LogP contribution in [0.2, 0.25) is 0 Å². The van der Waals surface area contributed by atoms with Gasteiger partial charge in [0.05, 0.1) is 21.1 Å². The van der Waals surface area contributed by atoms with E-state index in [4.69, 9.17) is 0 Å². The lowest BCUT2D eigenvalue weighted by Gasteiger charge is -2.41. The summed E-state index contributed by atoms with van der Waals surface area (Å²) in [5.74, 6) is -0.319. The maximum Gasteiger partial charge on any atom is 0.363 e. The topological polar surface area (TPSA) is 77.8 Å². The van der Waals surface area contributed by atoms with Gasteiger partial charge in [-0.25, -0.2) is 0 Å². The number of aliphatic hydroxyl groups is 1. The van der Waals surface area contributed by atoms with Crippen molar-refractivity contribution in [1.29, 1.82) is 0 Å². The second-order valence-electron chi connectivity index (χ2n) is 8.33. The molecule has 0 bridgehead atoms. The molecule has 0 spiro atoms. The van der Waals surface area contributed by atoms with E-state index < -0.39 is 12.9 Å². The van der Waals surface area contributed by atoms with Crippen molar-refractivity contribution in [3.63, 3.8) is 0 Å². The van der Waals surface area contributed by atoms with Crippen molar-refractivity contribution in [1.82, 2.24) is 0 Å². The summed E-state index contributed by atoms with van der Waals surface area (Å²) in [7, 11) is 1.02. The molecule has 0 heterocycles. The van der Waals surface area contributed by atoms with E-state index in [1.807, 2.05) is 21.1 Å². The number of rotatable bonds is 4. The first-order valence-corrected chi connectivity index (χ1v) is 10.8. The van der Waals surface area contributed by atoms with Gasteiger partial charge in [-0.1, -0.05) is 57.8 Å². The van der Waals surface area contributed by atoms with Gasteiger partial charge in [0, 0.05) is 5.92 Å². The third-order valence-corrected chi connectivity index (χ3v) is 6.49. The Hall–Kier alpha value is 0.0700. The summed E-state index contributed by atoms with van der Waals surface area (Å²) >= 11 is 0. The van der Waals surface area contributed by atoms with Crippen molar-refractivity contribution in [3.8, 4) is 0 Å². The van der Waals surface area contributed by atoms with Gasteiger partial charge in [0.2, 0.25) is 5.34 Å². The van der Waals surface area contributed by atoms with Crippen LogP contribution in [0.5, 0.6) is 0 Å². The molecule has 1 rings (SSSR count). The molecule has 5 nitrogen and oxygen atoms in total. The molecule has 0 amide bonds. The highest BCUT2D eigenvalue weighted by molar-refractivity contribution is 7.53. The van der Waals surface area contributed by atoms with E-state index in [2.05, 4.69) is 0 Å². The van der Waals surface area contributed by atoms with Crippen LogP contribution in [0.15, 0.2) is 0 Å². The van der Waals surface area contributed by atoms with E-state index >= 15 is 0 Å². The zero-order chi connectivity index (χ0) is 17.6. The van der Waals surface area contributed by atoms with Crippen LogP contribution in [0.3, 0.4) is 0 Å². The summed E-state index contributed by atoms with van der Waals surface area (Å²) in [6, 6.07) is 0. The average Bonchev–Trinajstić information content (AvgIpc) is 2.35. The molecule has 1 aliphatic rings. The summed E-state index contributed by atoms with van der Waals surface area (Å²) in [5, 5.41) is 9.13. The standard InChI is InChI=1S/C17H36NO4P/c1-18(2,3)15-17(19,23(20,21)22)16-13-11-9-7-5-4-6-8-10-12-14-16/h16,19H,4-15H2,1-3H3,(H-,20,21,22)/p+1. The van der Waals surface area contributed by atoms with E-state index in [0.29, 0.717) is 17.3 Å². The molecule has 3 N–H and O–H groups in total. The third-order valence-electron chi connectivity index (χ3n) is 4.97. The van der Waals surface area contributed by atoms with E-state index in [1.54, 1.807) is 0 Å². The molecule has 23 heavy (non-hydrogen) atoms. The van der Waals surface area contributed by atoms with Gasteiger partial charge in [-0.3, -0.25) is 4.57 Å². The molecule has 0 radical (unpaired) electrons. The third kappa shape index (κ3) is 7.23. The minimum Gasteiger partial charge on any atom is -0.373 e. The summed E-state index contributed by atoms with van der Waals surface area (Å²) in [5.41, 5.74) is 0. The Balaban J connectivity index is 2.91. The maximum absolute atomic E-state index is 12.1. The first kappa shape index (κ1) is 21.1. The van der Waals surface area contributed by atoms with Crippen molar-refractivity contribution in [3.05, 3.63) is 0 Å². The summed E-state index contributed by atoms with van der Waals surface area (Å²) in [6.45, 7) is 0.0853.